The number of nitrogens with zero attached hydrogens (tertiary/aromatic N) is 2. The van der Waals surface area contributed by atoms with E-state index in [9.17, 15) is 13.2 Å². The number of nitrogens with one attached hydrogen (secondary N) is 1. The van der Waals surface area contributed by atoms with Gasteiger partial charge in [0.1, 0.15) is 18.0 Å². The third kappa shape index (κ3) is 6.20. The number of likely N-dealkylation sites (tertiary alicyclic amines) is 1. The Morgan fingerprint density at radius 1 is 1.07 bits per heavy atom. The van der Waals surface area contributed by atoms with Crippen LogP contribution < -0.4 is 14.4 Å². The lowest BCUT2D eigenvalue weighted by Crippen LogP contribution is -2.47. The van der Waals surface area contributed by atoms with Gasteiger partial charge < -0.3 is 15.0 Å². The summed E-state index contributed by atoms with van der Waals surface area (Å²) < 4.78 is 31.4. The quantitative estimate of drug-likeness (QED) is 0.749. The maximum absolute atomic E-state index is 12.5. The van der Waals surface area contributed by atoms with Gasteiger partial charge in [-0.15, -0.1) is 0 Å². The maximum atomic E-state index is 12.5. The lowest BCUT2D eigenvalue weighted by atomic mass is 10.1. The minimum Gasteiger partial charge on any atom is -0.457 e. The predicted octanol–water partition coefficient (Wildman–Crippen LogP) is 2.46. The van der Waals surface area contributed by atoms with Gasteiger partial charge in [-0.25, -0.2) is 8.42 Å². The van der Waals surface area contributed by atoms with Crippen LogP contribution in [0.4, 0.5) is 5.69 Å². The van der Waals surface area contributed by atoms with Crippen molar-refractivity contribution < 1.29 is 17.9 Å². The Bertz CT molecular complexity index is 909. The van der Waals surface area contributed by atoms with Gasteiger partial charge in [-0.1, -0.05) is 18.2 Å². The zero-order chi connectivity index (χ0) is 20.9. The van der Waals surface area contributed by atoms with E-state index in [0.29, 0.717) is 17.2 Å². The summed E-state index contributed by atoms with van der Waals surface area (Å²) in [4.78, 5) is 14.7. The topological polar surface area (TPSA) is 79.0 Å². The molecule has 29 heavy (non-hydrogen) atoms. The number of carbonyl (C=O) groups excluding carboxylic acids is 1. The highest BCUT2D eigenvalue weighted by molar-refractivity contribution is 7.92. The number of carbonyl (C=O) groups is 1. The van der Waals surface area contributed by atoms with Crippen LogP contribution in [-0.4, -0.2) is 58.2 Å². The summed E-state index contributed by atoms with van der Waals surface area (Å²) in [6.45, 7) is 1.59. The monoisotopic (exact) mass is 417 g/mol. The van der Waals surface area contributed by atoms with Crippen LogP contribution in [0.1, 0.15) is 12.8 Å². The smallest absolute Gasteiger partial charge is 0.240 e. The zero-order valence-corrected chi connectivity index (χ0v) is 17.6. The van der Waals surface area contributed by atoms with Crippen LogP contribution in [0, 0.1) is 0 Å². The van der Waals surface area contributed by atoms with Crippen molar-refractivity contribution in [3.05, 3.63) is 54.6 Å². The molecule has 0 unspecified atom stereocenters. The molecule has 8 heteroatoms. The maximum Gasteiger partial charge on any atom is 0.240 e. The largest absolute Gasteiger partial charge is 0.457 e. The molecule has 1 heterocycles. The van der Waals surface area contributed by atoms with Gasteiger partial charge in [0.05, 0.1) is 11.9 Å². The standard InChI is InChI=1S/C21H27N3O4S/c1-23-14-12-17(13-15-23)22-21(25)16-24(29(2,26)27)18-8-10-20(11-9-18)28-19-6-4-3-5-7-19/h3-11,17H,12-16H2,1-2H3,(H,22,25). The van der Waals surface area contributed by atoms with Gasteiger partial charge in [0, 0.05) is 6.04 Å². The average Bonchev–Trinajstić information content (AvgIpc) is 2.69. The van der Waals surface area contributed by atoms with Crippen LogP contribution >= 0.6 is 0 Å². The van der Waals surface area contributed by atoms with Gasteiger partial charge in [-0.05, 0) is 69.4 Å². The van der Waals surface area contributed by atoms with Gasteiger partial charge >= 0.3 is 0 Å². The van der Waals surface area contributed by atoms with Crippen molar-refractivity contribution in [1.29, 1.82) is 0 Å². The lowest BCUT2D eigenvalue weighted by Gasteiger charge is -2.30. The molecule has 1 saturated heterocycles. The highest BCUT2D eigenvalue weighted by Gasteiger charge is 2.24. The van der Waals surface area contributed by atoms with Crippen LogP contribution in [0.25, 0.3) is 0 Å². The molecule has 0 bridgehead atoms. The Morgan fingerprint density at radius 2 is 1.66 bits per heavy atom. The van der Waals surface area contributed by atoms with Crippen LogP contribution in [0.15, 0.2) is 54.6 Å². The minimum atomic E-state index is -3.61. The second kappa shape index (κ2) is 9.28. The normalized spacial score (nSPS) is 15.7. The van der Waals surface area contributed by atoms with Crippen LogP contribution in [0.3, 0.4) is 0 Å². The summed E-state index contributed by atoms with van der Waals surface area (Å²) in [5.74, 6) is 0.983. The fourth-order valence-electron chi connectivity index (χ4n) is 3.26. The molecule has 1 aliphatic rings. The molecular weight excluding hydrogens is 390 g/mol. The van der Waals surface area contributed by atoms with Crippen molar-refractivity contribution in [2.75, 3.05) is 37.2 Å². The summed E-state index contributed by atoms with van der Waals surface area (Å²) in [5.41, 5.74) is 0.423. The molecule has 156 valence electrons. The van der Waals surface area contributed by atoms with E-state index >= 15 is 0 Å². The number of para-hydroxylation sites is 1. The van der Waals surface area contributed by atoms with Crippen molar-refractivity contribution in [1.82, 2.24) is 10.2 Å². The van der Waals surface area contributed by atoms with E-state index in [1.165, 1.54) is 0 Å². The molecule has 0 atom stereocenters. The Kier molecular flexibility index (Phi) is 6.76. The Morgan fingerprint density at radius 3 is 2.24 bits per heavy atom. The van der Waals surface area contributed by atoms with Crippen LogP contribution in [0.2, 0.25) is 0 Å². The van der Waals surface area contributed by atoms with E-state index in [1.807, 2.05) is 30.3 Å². The summed E-state index contributed by atoms with van der Waals surface area (Å²) in [6, 6.07) is 16.1. The van der Waals surface area contributed by atoms with Gasteiger partial charge in [0.25, 0.3) is 0 Å². The second-order valence-electron chi connectivity index (χ2n) is 7.32. The number of anilines is 1. The number of ether oxygens (including phenoxy) is 1. The molecular formula is C21H27N3O4S. The third-order valence-electron chi connectivity index (χ3n) is 4.87. The number of hydrogen-bond donors (Lipinski definition) is 1. The van der Waals surface area contributed by atoms with E-state index in [0.717, 1.165) is 36.5 Å². The van der Waals surface area contributed by atoms with Crippen molar-refractivity contribution in [2.24, 2.45) is 0 Å². The van der Waals surface area contributed by atoms with Crippen molar-refractivity contribution in [3.63, 3.8) is 0 Å². The number of amides is 1. The molecule has 0 spiro atoms. The molecule has 2 aromatic carbocycles. The van der Waals surface area contributed by atoms with E-state index in [4.69, 9.17) is 4.74 Å². The Labute approximate surface area is 172 Å². The fourth-order valence-corrected chi connectivity index (χ4v) is 4.12. The predicted molar refractivity (Wildman–Crippen MR) is 114 cm³/mol. The number of rotatable bonds is 7. The first-order valence-electron chi connectivity index (χ1n) is 9.60. The zero-order valence-electron chi connectivity index (χ0n) is 16.7. The number of sulfonamides is 1. The summed E-state index contributed by atoms with van der Waals surface area (Å²) in [6.07, 6.45) is 2.84. The molecule has 1 amide bonds. The lowest BCUT2D eigenvalue weighted by molar-refractivity contribution is -0.120. The van der Waals surface area contributed by atoms with Crippen LogP contribution in [0.5, 0.6) is 11.5 Å². The molecule has 0 saturated carbocycles. The highest BCUT2D eigenvalue weighted by Crippen LogP contribution is 2.25. The second-order valence-corrected chi connectivity index (χ2v) is 9.23. The number of benzene rings is 2. The fraction of sp³-hybridized carbons (Fsp3) is 0.381. The number of piperidine rings is 1. The first kappa shape index (κ1) is 21.1. The van der Waals surface area contributed by atoms with E-state index in [1.54, 1.807) is 24.3 Å². The molecule has 3 rings (SSSR count). The molecule has 2 aromatic rings. The molecule has 1 N–H and O–H groups in total. The van der Waals surface area contributed by atoms with E-state index in [-0.39, 0.29) is 18.5 Å². The SMILES string of the molecule is CN1CCC(NC(=O)CN(c2ccc(Oc3ccccc3)cc2)S(C)(=O)=O)CC1. The third-order valence-corrected chi connectivity index (χ3v) is 6.02. The molecule has 0 aromatic heterocycles. The first-order chi connectivity index (χ1) is 13.8. The molecule has 0 aliphatic carbocycles. The molecule has 1 aliphatic heterocycles. The number of hydrogen-bond acceptors (Lipinski definition) is 5. The van der Waals surface area contributed by atoms with E-state index in [2.05, 4.69) is 17.3 Å². The summed E-state index contributed by atoms with van der Waals surface area (Å²) >= 11 is 0. The van der Waals surface area contributed by atoms with Gasteiger partial charge in [0.2, 0.25) is 15.9 Å². The van der Waals surface area contributed by atoms with Crippen molar-refractivity contribution in [2.45, 2.75) is 18.9 Å². The van der Waals surface area contributed by atoms with Crippen LogP contribution in [-0.2, 0) is 14.8 Å². The Hall–Kier alpha value is -2.58. The van der Waals surface area contributed by atoms with Crippen molar-refractivity contribution in [3.8, 4) is 11.5 Å². The molecule has 7 nitrogen and oxygen atoms in total. The summed E-state index contributed by atoms with van der Waals surface area (Å²) in [7, 11) is -1.56. The van der Waals surface area contributed by atoms with Crippen molar-refractivity contribution >= 4 is 21.6 Å². The molecule has 1 fully saturated rings. The average molecular weight is 418 g/mol. The molecule has 0 radical (unpaired) electrons. The van der Waals surface area contributed by atoms with Gasteiger partial charge in [-0.3, -0.25) is 9.10 Å². The summed E-state index contributed by atoms with van der Waals surface area (Å²) in [5, 5.41) is 2.96. The van der Waals surface area contributed by atoms with E-state index < -0.39 is 10.0 Å². The first-order valence-corrected chi connectivity index (χ1v) is 11.4. The minimum absolute atomic E-state index is 0.0850. The Balaban J connectivity index is 1.66. The van der Waals surface area contributed by atoms with Gasteiger partial charge in [-0.2, -0.15) is 0 Å². The van der Waals surface area contributed by atoms with Gasteiger partial charge in [0.15, 0.2) is 0 Å². The highest BCUT2D eigenvalue weighted by atomic mass is 32.2.